The highest BCUT2D eigenvalue weighted by Crippen LogP contribution is 2.35. The van der Waals surface area contributed by atoms with Gasteiger partial charge in [-0.05, 0) is 35.4 Å². The van der Waals surface area contributed by atoms with E-state index in [-0.39, 0.29) is 11.0 Å². The third-order valence-corrected chi connectivity index (χ3v) is 4.27. The number of benzene rings is 1. The number of nitrogens with two attached hydrogens (primary N) is 1. The summed E-state index contributed by atoms with van der Waals surface area (Å²) in [4.78, 5) is 0. The summed E-state index contributed by atoms with van der Waals surface area (Å²) in [5, 5.41) is 0. The summed E-state index contributed by atoms with van der Waals surface area (Å²) in [7, 11) is 0. The second-order valence-corrected chi connectivity index (χ2v) is 7.24. The molecule has 0 saturated heterocycles. The molecule has 0 bridgehead atoms. The first-order valence-electron chi connectivity index (χ1n) is 6.16. The number of halogens is 1. The van der Waals surface area contributed by atoms with E-state index in [0.717, 1.165) is 4.47 Å². The molecule has 1 rings (SSSR count). The summed E-state index contributed by atoms with van der Waals surface area (Å²) in [5.74, 6) is 0.402. The molecular weight excluding hydrogens is 274 g/mol. The van der Waals surface area contributed by atoms with Crippen LogP contribution in [0.3, 0.4) is 0 Å². The zero-order valence-corrected chi connectivity index (χ0v) is 13.4. The van der Waals surface area contributed by atoms with Gasteiger partial charge in [-0.25, -0.2) is 0 Å². The molecule has 0 spiro atoms. The molecule has 1 aromatic carbocycles. The predicted octanol–water partition coefficient (Wildman–Crippen LogP) is 4.58. The van der Waals surface area contributed by atoms with Crippen LogP contribution in [0.5, 0.6) is 0 Å². The van der Waals surface area contributed by atoms with Crippen molar-refractivity contribution in [3.05, 3.63) is 33.8 Å². The lowest BCUT2D eigenvalue weighted by Gasteiger charge is -2.32. The first kappa shape index (κ1) is 14.7. The van der Waals surface area contributed by atoms with Gasteiger partial charge in [-0.2, -0.15) is 0 Å². The first-order valence-corrected chi connectivity index (χ1v) is 6.95. The third kappa shape index (κ3) is 3.11. The Kier molecular flexibility index (Phi) is 4.10. The molecule has 0 aliphatic carbocycles. The van der Waals surface area contributed by atoms with Crippen molar-refractivity contribution in [2.24, 2.45) is 11.7 Å². The summed E-state index contributed by atoms with van der Waals surface area (Å²) >= 11 is 3.66. The Hall–Kier alpha value is -0.340. The molecular formula is C15H24BrN. The van der Waals surface area contributed by atoms with Gasteiger partial charge >= 0.3 is 0 Å². The quantitative estimate of drug-likeness (QED) is 0.850. The summed E-state index contributed by atoms with van der Waals surface area (Å²) < 4.78 is 1.11. The van der Waals surface area contributed by atoms with E-state index in [2.05, 4.69) is 75.7 Å². The van der Waals surface area contributed by atoms with E-state index in [1.807, 2.05) is 0 Å². The van der Waals surface area contributed by atoms with Crippen LogP contribution in [0.25, 0.3) is 0 Å². The molecule has 0 aromatic heterocycles. The van der Waals surface area contributed by atoms with Crippen molar-refractivity contribution >= 4 is 15.9 Å². The summed E-state index contributed by atoms with van der Waals surface area (Å²) in [5.41, 5.74) is 8.79. The van der Waals surface area contributed by atoms with Gasteiger partial charge in [0.25, 0.3) is 0 Å². The van der Waals surface area contributed by atoms with Gasteiger partial charge in [-0.15, -0.1) is 0 Å². The van der Waals surface area contributed by atoms with E-state index < -0.39 is 0 Å². The van der Waals surface area contributed by atoms with Crippen molar-refractivity contribution in [2.45, 2.75) is 52.5 Å². The van der Waals surface area contributed by atoms with Crippen LogP contribution in [0.15, 0.2) is 22.7 Å². The Morgan fingerprint density at radius 2 is 1.65 bits per heavy atom. The smallest absolute Gasteiger partial charge is 0.0415 e. The Labute approximate surface area is 114 Å². The summed E-state index contributed by atoms with van der Waals surface area (Å²) in [6.07, 6.45) is 0. The fourth-order valence-corrected chi connectivity index (χ4v) is 2.54. The molecule has 2 heteroatoms. The topological polar surface area (TPSA) is 26.0 Å². The Morgan fingerprint density at radius 1 is 1.12 bits per heavy atom. The number of hydrogen-bond donors (Lipinski definition) is 1. The Balaban J connectivity index is 3.24. The predicted molar refractivity (Wildman–Crippen MR) is 79.2 cm³/mol. The fraction of sp³-hybridized carbons (Fsp3) is 0.600. The highest BCUT2D eigenvalue weighted by Gasteiger charge is 2.28. The fourth-order valence-electron chi connectivity index (χ4n) is 1.73. The lowest BCUT2D eigenvalue weighted by atomic mass is 9.80. The minimum Gasteiger partial charge on any atom is -0.321 e. The molecule has 0 radical (unpaired) electrons. The average molecular weight is 298 g/mol. The van der Waals surface area contributed by atoms with Crippen LogP contribution in [0.1, 0.15) is 52.7 Å². The Bertz CT molecular complexity index is 400. The highest BCUT2D eigenvalue weighted by molar-refractivity contribution is 9.10. The third-order valence-electron chi connectivity index (χ3n) is 3.61. The van der Waals surface area contributed by atoms with Gasteiger partial charge in [0.2, 0.25) is 0 Å². The number of hydrogen-bond acceptors (Lipinski definition) is 1. The summed E-state index contributed by atoms with van der Waals surface area (Å²) in [6.45, 7) is 13.1. The molecule has 0 heterocycles. The zero-order chi connectivity index (χ0) is 13.4. The van der Waals surface area contributed by atoms with E-state index in [1.54, 1.807) is 0 Å². The van der Waals surface area contributed by atoms with Crippen molar-refractivity contribution in [3.63, 3.8) is 0 Å². The van der Waals surface area contributed by atoms with Gasteiger partial charge in [-0.3, -0.25) is 0 Å². The van der Waals surface area contributed by atoms with Crippen LogP contribution in [0, 0.1) is 5.92 Å². The SMILES string of the molecule is CC(C)C(C)(N)c1ccc(C(C)(C)C)cc1Br. The van der Waals surface area contributed by atoms with Crippen molar-refractivity contribution < 1.29 is 0 Å². The molecule has 1 aromatic rings. The molecule has 96 valence electrons. The molecule has 0 fully saturated rings. The molecule has 0 amide bonds. The van der Waals surface area contributed by atoms with Crippen LogP contribution in [0.4, 0.5) is 0 Å². The maximum atomic E-state index is 6.41. The van der Waals surface area contributed by atoms with Gasteiger partial charge in [0, 0.05) is 10.0 Å². The summed E-state index contributed by atoms with van der Waals surface area (Å²) in [6, 6.07) is 6.54. The number of rotatable bonds is 2. The van der Waals surface area contributed by atoms with Crippen LogP contribution >= 0.6 is 15.9 Å². The molecule has 2 N–H and O–H groups in total. The minimum absolute atomic E-state index is 0.171. The zero-order valence-electron chi connectivity index (χ0n) is 11.8. The molecule has 0 aliphatic heterocycles. The van der Waals surface area contributed by atoms with Crippen molar-refractivity contribution in [1.29, 1.82) is 0 Å². The maximum Gasteiger partial charge on any atom is 0.0415 e. The monoisotopic (exact) mass is 297 g/mol. The van der Waals surface area contributed by atoms with Gasteiger partial charge < -0.3 is 5.73 Å². The van der Waals surface area contributed by atoms with Crippen LogP contribution < -0.4 is 5.73 Å². The van der Waals surface area contributed by atoms with Gasteiger partial charge in [0.1, 0.15) is 0 Å². The van der Waals surface area contributed by atoms with Gasteiger partial charge in [0.05, 0.1) is 0 Å². The van der Waals surface area contributed by atoms with E-state index >= 15 is 0 Å². The normalized spacial score (nSPS) is 16.1. The second-order valence-electron chi connectivity index (χ2n) is 6.38. The van der Waals surface area contributed by atoms with E-state index in [1.165, 1.54) is 11.1 Å². The molecule has 0 saturated carbocycles. The molecule has 1 atom stereocenters. The second kappa shape index (κ2) is 4.74. The van der Waals surface area contributed by atoms with Crippen molar-refractivity contribution in [1.82, 2.24) is 0 Å². The average Bonchev–Trinajstić information content (AvgIpc) is 2.15. The van der Waals surface area contributed by atoms with Crippen molar-refractivity contribution in [2.75, 3.05) is 0 Å². The molecule has 1 nitrogen and oxygen atoms in total. The minimum atomic E-state index is -0.296. The standard InChI is InChI=1S/C15H24BrN/c1-10(2)15(6,17)12-8-7-11(9-13(12)16)14(3,4)5/h7-10H,17H2,1-6H3. The molecule has 17 heavy (non-hydrogen) atoms. The van der Waals surface area contributed by atoms with Crippen LogP contribution in [-0.4, -0.2) is 0 Å². The molecule has 0 aliphatic rings. The Morgan fingerprint density at radius 3 is 2.00 bits per heavy atom. The van der Waals surface area contributed by atoms with Crippen molar-refractivity contribution in [3.8, 4) is 0 Å². The van der Waals surface area contributed by atoms with Crippen LogP contribution in [0.2, 0.25) is 0 Å². The lowest BCUT2D eigenvalue weighted by molar-refractivity contribution is 0.349. The lowest BCUT2D eigenvalue weighted by Crippen LogP contribution is -2.39. The first-order chi connectivity index (χ1) is 7.56. The van der Waals surface area contributed by atoms with E-state index in [4.69, 9.17) is 5.73 Å². The van der Waals surface area contributed by atoms with Gasteiger partial charge in [0.15, 0.2) is 0 Å². The maximum absolute atomic E-state index is 6.41. The molecule has 1 unspecified atom stereocenters. The highest BCUT2D eigenvalue weighted by atomic mass is 79.9. The van der Waals surface area contributed by atoms with Gasteiger partial charge in [-0.1, -0.05) is 62.7 Å². The largest absolute Gasteiger partial charge is 0.321 e. The van der Waals surface area contributed by atoms with E-state index in [9.17, 15) is 0 Å². The van der Waals surface area contributed by atoms with Crippen LogP contribution in [-0.2, 0) is 11.0 Å². The van der Waals surface area contributed by atoms with E-state index in [0.29, 0.717) is 5.92 Å².